The topological polar surface area (TPSA) is 67.8 Å². The fourth-order valence-electron chi connectivity index (χ4n) is 1.69. The van der Waals surface area contributed by atoms with Crippen LogP contribution in [0.4, 0.5) is 9.18 Å². The second-order valence-corrected chi connectivity index (χ2v) is 5.95. The van der Waals surface area contributed by atoms with Crippen LogP contribution in [0.25, 0.3) is 0 Å². The van der Waals surface area contributed by atoms with Crippen LogP contribution in [-0.2, 0) is 16.1 Å². The average molecular weight is 313 g/mol. The second-order valence-electron chi connectivity index (χ2n) is 5.95. The quantitative estimate of drug-likeness (QED) is 0.811. The third-order valence-electron chi connectivity index (χ3n) is 2.72. The predicted octanol–water partition coefficient (Wildman–Crippen LogP) is 2.43. The van der Waals surface area contributed by atoms with Gasteiger partial charge < -0.3 is 19.9 Å². The number of hydrogen-bond acceptors (Lipinski definition) is 4. The zero-order chi connectivity index (χ0) is 16.6. The van der Waals surface area contributed by atoms with E-state index in [1.54, 1.807) is 20.8 Å². The van der Waals surface area contributed by atoms with Crippen molar-refractivity contribution < 1.29 is 23.8 Å². The predicted molar refractivity (Wildman–Crippen MR) is 81.2 cm³/mol. The van der Waals surface area contributed by atoms with E-state index in [-0.39, 0.29) is 13.2 Å². The molecule has 124 valence electrons. The number of ether oxygens (including phenoxy) is 2. The summed E-state index contributed by atoms with van der Waals surface area (Å²) in [4.78, 5) is 11.6. The van der Waals surface area contributed by atoms with Crippen molar-refractivity contribution in [3.8, 4) is 0 Å². The lowest BCUT2D eigenvalue weighted by molar-refractivity contribution is 0.0249. The van der Waals surface area contributed by atoms with Gasteiger partial charge in [-0.1, -0.05) is 30.3 Å². The Hall–Kier alpha value is -1.66. The van der Waals surface area contributed by atoms with Gasteiger partial charge in [-0.2, -0.15) is 0 Å². The van der Waals surface area contributed by atoms with E-state index in [1.807, 2.05) is 30.3 Å². The number of alkyl carbamates (subject to hydrolysis) is 1. The van der Waals surface area contributed by atoms with Crippen LogP contribution in [0.3, 0.4) is 0 Å². The van der Waals surface area contributed by atoms with E-state index in [0.717, 1.165) is 5.56 Å². The number of hydrogen-bond donors (Lipinski definition) is 2. The Labute approximate surface area is 130 Å². The third-order valence-corrected chi connectivity index (χ3v) is 2.72. The molecule has 0 fully saturated rings. The molecule has 2 unspecified atom stereocenters. The highest BCUT2D eigenvalue weighted by molar-refractivity contribution is 5.68. The number of alkyl halides is 1. The summed E-state index contributed by atoms with van der Waals surface area (Å²) in [6.45, 7) is 4.63. The molecule has 1 aromatic carbocycles. The number of aliphatic hydroxyl groups excluding tert-OH is 1. The molecule has 1 aromatic rings. The summed E-state index contributed by atoms with van der Waals surface area (Å²) in [5.74, 6) is 0. The second kappa shape index (κ2) is 8.70. The van der Waals surface area contributed by atoms with Crippen LogP contribution in [0.15, 0.2) is 30.3 Å². The Bertz CT molecular complexity index is 447. The number of benzene rings is 1. The molecule has 22 heavy (non-hydrogen) atoms. The molecule has 2 N–H and O–H groups in total. The molecule has 0 radical (unpaired) electrons. The molecule has 0 spiro atoms. The zero-order valence-electron chi connectivity index (χ0n) is 13.2. The molecule has 0 bridgehead atoms. The standard InChI is InChI=1S/C16H24FNO4/c1-16(2,3)22-15(20)18-14(9-19)13(17)11-21-10-12-7-5-4-6-8-12/h4-8,13-14,19H,9-11H2,1-3H3,(H,18,20). The first-order valence-electron chi connectivity index (χ1n) is 7.18. The van der Waals surface area contributed by atoms with Gasteiger partial charge in [-0.25, -0.2) is 9.18 Å². The molecule has 0 aromatic heterocycles. The first-order valence-corrected chi connectivity index (χ1v) is 7.18. The van der Waals surface area contributed by atoms with E-state index < -0.39 is 30.5 Å². The highest BCUT2D eigenvalue weighted by Crippen LogP contribution is 2.09. The molecule has 0 aliphatic rings. The minimum absolute atomic E-state index is 0.226. The first kappa shape index (κ1) is 18.4. The van der Waals surface area contributed by atoms with Gasteiger partial charge in [-0.3, -0.25) is 0 Å². The fraction of sp³-hybridized carbons (Fsp3) is 0.562. The number of aliphatic hydroxyl groups is 1. The van der Waals surface area contributed by atoms with E-state index in [2.05, 4.69) is 5.32 Å². The van der Waals surface area contributed by atoms with Crippen LogP contribution >= 0.6 is 0 Å². The van der Waals surface area contributed by atoms with Crippen LogP contribution < -0.4 is 5.32 Å². The molecule has 6 heteroatoms. The number of carbonyl (C=O) groups excluding carboxylic acids is 1. The van der Waals surface area contributed by atoms with Crippen molar-refractivity contribution in [1.82, 2.24) is 5.32 Å². The largest absolute Gasteiger partial charge is 0.444 e. The molecule has 0 saturated carbocycles. The number of nitrogens with one attached hydrogen (secondary N) is 1. The van der Waals surface area contributed by atoms with Gasteiger partial charge in [-0.05, 0) is 26.3 Å². The SMILES string of the molecule is CC(C)(C)OC(=O)NC(CO)C(F)COCc1ccccc1. The van der Waals surface area contributed by atoms with Crippen molar-refractivity contribution in [3.63, 3.8) is 0 Å². The van der Waals surface area contributed by atoms with Gasteiger partial charge in [0.1, 0.15) is 11.8 Å². The van der Waals surface area contributed by atoms with Crippen LogP contribution in [0, 0.1) is 0 Å². The van der Waals surface area contributed by atoms with E-state index >= 15 is 0 Å². The Morgan fingerprint density at radius 2 is 1.95 bits per heavy atom. The lowest BCUT2D eigenvalue weighted by atomic mass is 10.2. The average Bonchev–Trinajstić information content (AvgIpc) is 2.44. The Morgan fingerprint density at radius 1 is 1.32 bits per heavy atom. The molecule has 1 amide bonds. The van der Waals surface area contributed by atoms with Crippen molar-refractivity contribution in [2.45, 2.75) is 45.2 Å². The van der Waals surface area contributed by atoms with E-state index in [0.29, 0.717) is 0 Å². The summed E-state index contributed by atoms with van der Waals surface area (Å²) in [7, 11) is 0. The maximum Gasteiger partial charge on any atom is 0.408 e. The fourth-order valence-corrected chi connectivity index (χ4v) is 1.69. The van der Waals surface area contributed by atoms with Crippen molar-refractivity contribution in [2.24, 2.45) is 0 Å². The molecule has 2 atom stereocenters. The highest BCUT2D eigenvalue weighted by atomic mass is 19.1. The Kier molecular flexibility index (Phi) is 7.27. The molecule has 0 aliphatic carbocycles. The maximum absolute atomic E-state index is 14.0. The van der Waals surface area contributed by atoms with Gasteiger partial charge in [0, 0.05) is 0 Å². The highest BCUT2D eigenvalue weighted by Gasteiger charge is 2.25. The van der Waals surface area contributed by atoms with Crippen molar-refractivity contribution in [1.29, 1.82) is 0 Å². The molecular weight excluding hydrogens is 289 g/mol. The van der Waals surface area contributed by atoms with E-state index in [4.69, 9.17) is 9.47 Å². The Balaban J connectivity index is 2.37. The minimum Gasteiger partial charge on any atom is -0.444 e. The molecule has 0 saturated heterocycles. The smallest absolute Gasteiger partial charge is 0.408 e. The summed E-state index contributed by atoms with van der Waals surface area (Å²) in [5, 5.41) is 11.5. The van der Waals surface area contributed by atoms with Crippen molar-refractivity contribution >= 4 is 6.09 Å². The van der Waals surface area contributed by atoms with Gasteiger partial charge in [0.2, 0.25) is 0 Å². The van der Waals surface area contributed by atoms with Crippen molar-refractivity contribution in [2.75, 3.05) is 13.2 Å². The lowest BCUT2D eigenvalue weighted by Gasteiger charge is -2.24. The summed E-state index contributed by atoms with van der Waals surface area (Å²) in [6, 6.07) is 8.29. The van der Waals surface area contributed by atoms with Gasteiger partial charge in [-0.15, -0.1) is 0 Å². The Morgan fingerprint density at radius 3 is 2.50 bits per heavy atom. The van der Waals surface area contributed by atoms with Gasteiger partial charge in [0.15, 0.2) is 0 Å². The first-order chi connectivity index (χ1) is 10.3. The third kappa shape index (κ3) is 7.38. The zero-order valence-corrected chi connectivity index (χ0v) is 13.2. The lowest BCUT2D eigenvalue weighted by Crippen LogP contribution is -2.47. The van der Waals surface area contributed by atoms with Crippen molar-refractivity contribution in [3.05, 3.63) is 35.9 Å². The van der Waals surface area contributed by atoms with Crippen LogP contribution in [0.5, 0.6) is 0 Å². The molecule has 1 rings (SSSR count). The molecule has 0 heterocycles. The summed E-state index contributed by atoms with van der Waals surface area (Å²) < 4.78 is 24.3. The minimum atomic E-state index is -1.53. The van der Waals surface area contributed by atoms with Crippen LogP contribution in [-0.4, -0.2) is 42.2 Å². The van der Waals surface area contributed by atoms with Crippen LogP contribution in [0.1, 0.15) is 26.3 Å². The number of amides is 1. The summed E-state index contributed by atoms with van der Waals surface area (Å²) in [6.07, 6.45) is -2.29. The number of rotatable bonds is 7. The van der Waals surface area contributed by atoms with Gasteiger partial charge >= 0.3 is 6.09 Å². The normalized spacial score (nSPS) is 14.2. The van der Waals surface area contributed by atoms with Gasteiger partial charge in [0.25, 0.3) is 0 Å². The number of carbonyl (C=O) groups is 1. The molecule has 5 nitrogen and oxygen atoms in total. The monoisotopic (exact) mass is 313 g/mol. The van der Waals surface area contributed by atoms with Crippen LogP contribution in [0.2, 0.25) is 0 Å². The summed E-state index contributed by atoms with van der Waals surface area (Å²) in [5.41, 5.74) is 0.245. The molecule has 0 aliphatic heterocycles. The van der Waals surface area contributed by atoms with E-state index in [1.165, 1.54) is 0 Å². The number of halogens is 1. The van der Waals surface area contributed by atoms with E-state index in [9.17, 15) is 14.3 Å². The van der Waals surface area contributed by atoms with Gasteiger partial charge in [0.05, 0.1) is 25.9 Å². The molecular formula is C16H24FNO4. The maximum atomic E-state index is 14.0. The summed E-state index contributed by atoms with van der Waals surface area (Å²) >= 11 is 0.